The molecule has 0 fully saturated rings. The Kier molecular flexibility index (Phi) is 5.98. The van der Waals surface area contributed by atoms with E-state index >= 15 is 0 Å². The predicted molar refractivity (Wildman–Crippen MR) is 112 cm³/mol. The molecule has 0 aliphatic heterocycles. The Morgan fingerprint density at radius 1 is 1.34 bits per heavy atom. The van der Waals surface area contributed by atoms with Crippen molar-refractivity contribution in [1.82, 2.24) is 14.5 Å². The molecule has 0 saturated heterocycles. The first-order valence-electron chi connectivity index (χ1n) is 9.44. The van der Waals surface area contributed by atoms with Crippen LogP contribution in [0.15, 0.2) is 36.8 Å². The van der Waals surface area contributed by atoms with Crippen LogP contribution in [-0.2, 0) is 24.8 Å². The molecular formula is C22H26N4O3. The van der Waals surface area contributed by atoms with E-state index in [1.165, 1.54) is 0 Å². The van der Waals surface area contributed by atoms with Gasteiger partial charge in [0.15, 0.2) is 0 Å². The Bertz CT molecular complexity index is 1100. The monoisotopic (exact) mass is 394 g/mol. The molecule has 3 rings (SSSR count). The fraction of sp³-hybridized carbons (Fsp3) is 0.318. The topological polar surface area (TPSA) is 91.4 Å². The number of carboxylic acid groups (broad SMARTS) is 1. The van der Waals surface area contributed by atoms with Gasteiger partial charge in [-0.15, -0.1) is 0 Å². The first kappa shape index (κ1) is 20.5. The number of benzene rings is 1. The highest BCUT2D eigenvalue weighted by Crippen LogP contribution is 2.34. The molecule has 0 bridgehead atoms. The fourth-order valence-electron chi connectivity index (χ4n) is 3.66. The molecule has 152 valence electrons. The summed E-state index contributed by atoms with van der Waals surface area (Å²) in [6.07, 6.45) is 6.20. The van der Waals surface area contributed by atoms with Crippen LogP contribution in [0.2, 0.25) is 0 Å². The van der Waals surface area contributed by atoms with Gasteiger partial charge in [-0.3, -0.25) is 20.1 Å². The van der Waals surface area contributed by atoms with Gasteiger partial charge in [0, 0.05) is 48.7 Å². The van der Waals surface area contributed by atoms with E-state index in [0.717, 1.165) is 45.2 Å². The van der Waals surface area contributed by atoms with Crippen LogP contribution in [0.3, 0.4) is 0 Å². The number of fused-ring (bicyclic) bond motifs is 1. The Hall–Kier alpha value is -3.19. The highest BCUT2D eigenvalue weighted by Gasteiger charge is 2.17. The Morgan fingerprint density at radius 2 is 2.10 bits per heavy atom. The van der Waals surface area contributed by atoms with E-state index in [1.54, 1.807) is 36.0 Å². The zero-order valence-corrected chi connectivity index (χ0v) is 17.2. The normalized spacial score (nSPS) is 11.2. The maximum atomic E-state index is 11.0. The number of likely N-dealkylation sites (N-methyl/N-ethyl adjacent to an activating group) is 1. The number of methoxy groups -OCH3 is 1. The summed E-state index contributed by atoms with van der Waals surface area (Å²) in [6, 6.07) is 6.04. The SMILES string of the molecule is CCc1cc(-c2cn(C)c(=N)c3cnccc23)cc(OC)c1CN(C)CC(=O)O. The first-order chi connectivity index (χ1) is 13.8. The average Bonchev–Trinajstić information content (AvgIpc) is 2.70. The van der Waals surface area contributed by atoms with Gasteiger partial charge in [-0.25, -0.2) is 0 Å². The van der Waals surface area contributed by atoms with E-state index in [0.29, 0.717) is 12.0 Å². The summed E-state index contributed by atoms with van der Waals surface area (Å²) in [5.41, 5.74) is 4.51. The number of carboxylic acids is 1. The number of aliphatic carboxylic acids is 1. The first-order valence-corrected chi connectivity index (χ1v) is 9.44. The van der Waals surface area contributed by atoms with E-state index in [-0.39, 0.29) is 6.54 Å². The third-order valence-corrected chi connectivity index (χ3v) is 5.09. The number of aryl methyl sites for hydroxylation is 2. The van der Waals surface area contributed by atoms with Gasteiger partial charge >= 0.3 is 5.97 Å². The molecule has 0 amide bonds. The van der Waals surface area contributed by atoms with Crippen molar-refractivity contribution >= 4 is 16.7 Å². The minimum absolute atomic E-state index is 0.0352. The number of nitrogens with one attached hydrogen (secondary N) is 1. The fourth-order valence-corrected chi connectivity index (χ4v) is 3.66. The van der Waals surface area contributed by atoms with E-state index in [1.807, 2.05) is 25.4 Å². The molecule has 29 heavy (non-hydrogen) atoms. The molecule has 2 N–H and O–H groups in total. The van der Waals surface area contributed by atoms with Crippen molar-refractivity contribution in [3.63, 3.8) is 0 Å². The van der Waals surface area contributed by atoms with E-state index < -0.39 is 5.97 Å². The summed E-state index contributed by atoms with van der Waals surface area (Å²) in [7, 11) is 5.27. The molecule has 0 aliphatic rings. The Balaban J connectivity index is 2.18. The number of nitrogens with zero attached hydrogens (tertiary/aromatic N) is 3. The number of carbonyl (C=O) groups is 1. The lowest BCUT2D eigenvalue weighted by molar-refractivity contribution is -0.138. The molecule has 0 saturated carbocycles. The lowest BCUT2D eigenvalue weighted by Crippen LogP contribution is -2.26. The van der Waals surface area contributed by atoms with E-state index in [9.17, 15) is 4.79 Å². The van der Waals surface area contributed by atoms with Crippen LogP contribution >= 0.6 is 0 Å². The third-order valence-electron chi connectivity index (χ3n) is 5.09. The van der Waals surface area contributed by atoms with Gasteiger partial charge in [0.2, 0.25) is 0 Å². The van der Waals surface area contributed by atoms with Crippen LogP contribution in [0.1, 0.15) is 18.1 Å². The maximum Gasteiger partial charge on any atom is 0.317 e. The summed E-state index contributed by atoms with van der Waals surface area (Å²) in [5.74, 6) is -0.124. The third kappa shape index (κ3) is 4.14. The van der Waals surface area contributed by atoms with Crippen LogP contribution in [-0.4, -0.2) is 46.2 Å². The van der Waals surface area contributed by atoms with Crippen molar-refractivity contribution in [3.05, 3.63) is 53.4 Å². The molecule has 0 unspecified atom stereocenters. The quantitative estimate of drug-likeness (QED) is 0.643. The molecule has 2 aromatic heterocycles. The summed E-state index contributed by atoms with van der Waals surface area (Å²) in [4.78, 5) is 17.0. The molecule has 0 spiro atoms. The second-order valence-electron chi connectivity index (χ2n) is 7.16. The Morgan fingerprint density at radius 3 is 2.76 bits per heavy atom. The number of aromatic nitrogens is 2. The number of rotatable bonds is 7. The average molecular weight is 394 g/mol. The molecule has 3 aromatic rings. The van der Waals surface area contributed by atoms with Gasteiger partial charge in [-0.1, -0.05) is 13.0 Å². The summed E-state index contributed by atoms with van der Waals surface area (Å²) in [6.45, 7) is 2.53. The van der Waals surface area contributed by atoms with Gasteiger partial charge in [-0.05, 0) is 42.1 Å². The van der Waals surface area contributed by atoms with Crippen LogP contribution in [0.5, 0.6) is 5.75 Å². The number of ether oxygens (including phenoxy) is 1. The van der Waals surface area contributed by atoms with Crippen molar-refractivity contribution in [2.45, 2.75) is 19.9 Å². The lowest BCUT2D eigenvalue weighted by atomic mass is 9.94. The van der Waals surface area contributed by atoms with Gasteiger partial charge in [0.1, 0.15) is 11.2 Å². The molecule has 2 heterocycles. The molecule has 1 aromatic carbocycles. The van der Waals surface area contributed by atoms with Crippen LogP contribution in [0.25, 0.3) is 21.9 Å². The molecule has 0 atom stereocenters. The number of pyridine rings is 2. The number of hydrogen-bond acceptors (Lipinski definition) is 5. The predicted octanol–water partition coefficient (Wildman–Crippen LogP) is 2.81. The molecule has 0 aliphatic carbocycles. The van der Waals surface area contributed by atoms with Gasteiger partial charge in [0.25, 0.3) is 0 Å². The lowest BCUT2D eigenvalue weighted by Gasteiger charge is -2.21. The minimum Gasteiger partial charge on any atom is -0.496 e. The zero-order valence-electron chi connectivity index (χ0n) is 17.2. The summed E-state index contributed by atoms with van der Waals surface area (Å²) < 4.78 is 7.48. The van der Waals surface area contributed by atoms with Gasteiger partial charge in [-0.2, -0.15) is 0 Å². The van der Waals surface area contributed by atoms with Crippen molar-refractivity contribution in [2.24, 2.45) is 7.05 Å². The molecule has 7 heteroatoms. The summed E-state index contributed by atoms with van der Waals surface area (Å²) >= 11 is 0. The zero-order chi connectivity index (χ0) is 21.1. The van der Waals surface area contributed by atoms with Crippen LogP contribution in [0, 0.1) is 5.41 Å². The summed E-state index contributed by atoms with van der Waals surface area (Å²) in [5, 5.41) is 19.1. The number of hydrogen-bond donors (Lipinski definition) is 2. The molecule has 0 radical (unpaired) electrons. The smallest absolute Gasteiger partial charge is 0.317 e. The maximum absolute atomic E-state index is 11.0. The van der Waals surface area contributed by atoms with Gasteiger partial charge < -0.3 is 14.4 Å². The van der Waals surface area contributed by atoms with Crippen LogP contribution in [0.4, 0.5) is 0 Å². The van der Waals surface area contributed by atoms with E-state index in [4.69, 9.17) is 15.3 Å². The van der Waals surface area contributed by atoms with Crippen molar-refractivity contribution < 1.29 is 14.6 Å². The largest absolute Gasteiger partial charge is 0.496 e. The molecular weight excluding hydrogens is 368 g/mol. The van der Waals surface area contributed by atoms with Gasteiger partial charge in [0.05, 0.1) is 13.7 Å². The highest BCUT2D eigenvalue weighted by atomic mass is 16.5. The van der Waals surface area contributed by atoms with Crippen LogP contribution < -0.4 is 10.2 Å². The standard InChI is InChI=1S/C22H26N4O3/c1-5-14-8-15(9-20(29-4)19(14)11-25(2)13-21(27)28)18-12-26(3)22(23)17-10-24-7-6-16(17)18/h6-10,12,23H,5,11,13H2,1-4H3,(H,27,28). The van der Waals surface area contributed by atoms with Crippen molar-refractivity contribution in [3.8, 4) is 16.9 Å². The van der Waals surface area contributed by atoms with E-state index in [2.05, 4.69) is 18.0 Å². The molecule has 7 nitrogen and oxygen atoms in total. The second kappa shape index (κ2) is 8.45. The highest BCUT2D eigenvalue weighted by molar-refractivity contribution is 5.95. The second-order valence-corrected chi connectivity index (χ2v) is 7.16. The van der Waals surface area contributed by atoms with Crippen molar-refractivity contribution in [1.29, 1.82) is 5.41 Å². The van der Waals surface area contributed by atoms with Crippen molar-refractivity contribution in [2.75, 3.05) is 20.7 Å². The minimum atomic E-state index is -0.857. The Labute approximate surface area is 169 Å².